The fraction of sp³-hybridized carbons (Fsp3) is 0.316. The fourth-order valence-corrected chi connectivity index (χ4v) is 3.02. The van der Waals surface area contributed by atoms with Crippen molar-refractivity contribution in [1.82, 2.24) is 4.57 Å². The average molecular weight is 406 g/mol. The maximum absolute atomic E-state index is 12.4. The van der Waals surface area contributed by atoms with Crippen molar-refractivity contribution in [2.24, 2.45) is 0 Å². The van der Waals surface area contributed by atoms with Crippen LogP contribution in [-0.4, -0.2) is 28.7 Å². The molecule has 132 valence electrons. The third-order valence-corrected chi connectivity index (χ3v) is 4.34. The first kappa shape index (κ1) is 19.1. The lowest BCUT2D eigenvalue weighted by molar-refractivity contribution is -0.143. The number of aromatic nitrogens is 1. The summed E-state index contributed by atoms with van der Waals surface area (Å²) < 4.78 is 7.91. The number of carbonyl (C=O) groups is 3. The second kappa shape index (κ2) is 8.25. The average Bonchev–Trinajstić information content (AvgIpc) is 2.85. The molecule has 0 radical (unpaired) electrons. The Bertz CT molecular complexity index is 823. The maximum atomic E-state index is 12.4. The van der Waals surface area contributed by atoms with E-state index in [0.717, 1.165) is 21.5 Å². The van der Waals surface area contributed by atoms with Crippen LogP contribution in [0.2, 0.25) is 0 Å². The van der Waals surface area contributed by atoms with Crippen molar-refractivity contribution in [1.29, 1.82) is 0 Å². The summed E-state index contributed by atoms with van der Waals surface area (Å²) in [6, 6.07) is 9.58. The zero-order valence-electron chi connectivity index (χ0n) is 14.5. The molecule has 0 unspecified atom stereocenters. The number of carbonyl (C=O) groups excluding carboxylic acids is 3. The zero-order valence-corrected chi connectivity index (χ0v) is 16.1. The zero-order chi connectivity index (χ0) is 18.6. The van der Waals surface area contributed by atoms with Gasteiger partial charge in [0.1, 0.15) is 5.78 Å². The first-order valence-electron chi connectivity index (χ1n) is 7.92. The molecule has 0 aliphatic rings. The Morgan fingerprint density at radius 2 is 1.84 bits per heavy atom. The van der Waals surface area contributed by atoms with Crippen molar-refractivity contribution in [3.05, 3.63) is 51.8 Å². The van der Waals surface area contributed by atoms with Gasteiger partial charge in [-0.2, -0.15) is 0 Å². The van der Waals surface area contributed by atoms with Gasteiger partial charge in [0.2, 0.25) is 5.78 Å². The van der Waals surface area contributed by atoms with E-state index in [0.29, 0.717) is 5.56 Å². The molecule has 0 bridgehead atoms. The summed E-state index contributed by atoms with van der Waals surface area (Å²) in [6.07, 6.45) is 0.129. The molecule has 2 aromatic rings. The van der Waals surface area contributed by atoms with Gasteiger partial charge < -0.3 is 14.1 Å². The van der Waals surface area contributed by atoms with Gasteiger partial charge >= 0.3 is 5.97 Å². The third-order valence-electron chi connectivity index (χ3n) is 3.84. The number of halogens is 1. The van der Waals surface area contributed by atoms with Gasteiger partial charge in [0.05, 0.1) is 6.42 Å². The highest BCUT2D eigenvalue weighted by atomic mass is 79.9. The van der Waals surface area contributed by atoms with Crippen molar-refractivity contribution < 1.29 is 19.1 Å². The number of hydrogen-bond acceptors (Lipinski definition) is 4. The van der Waals surface area contributed by atoms with Crippen LogP contribution >= 0.6 is 15.9 Å². The van der Waals surface area contributed by atoms with E-state index in [2.05, 4.69) is 15.9 Å². The van der Waals surface area contributed by atoms with Gasteiger partial charge in [-0.05, 0) is 45.0 Å². The Kier molecular flexibility index (Phi) is 6.31. The fourth-order valence-electron chi connectivity index (χ4n) is 2.63. The number of nitrogens with zero attached hydrogens (tertiary/aromatic N) is 1. The molecule has 0 aliphatic carbocycles. The Balaban J connectivity index is 2.13. The second-order valence-corrected chi connectivity index (χ2v) is 6.80. The van der Waals surface area contributed by atoms with Crippen LogP contribution in [0.3, 0.4) is 0 Å². The molecule has 0 atom stereocenters. The largest absolute Gasteiger partial charge is 0.457 e. The summed E-state index contributed by atoms with van der Waals surface area (Å²) in [5.41, 5.74) is 3.18. The van der Waals surface area contributed by atoms with Crippen molar-refractivity contribution in [2.45, 2.75) is 33.6 Å². The molecular weight excluding hydrogens is 386 g/mol. The van der Waals surface area contributed by atoms with Crippen molar-refractivity contribution in [2.75, 3.05) is 6.61 Å². The lowest BCUT2D eigenvalue weighted by Gasteiger charge is -2.10. The Morgan fingerprint density at radius 1 is 1.12 bits per heavy atom. The topological polar surface area (TPSA) is 65.4 Å². The summed E-state index contributed by atoms with van der Waals surface area (Å²) in [4.78, 5) is 34.8. The molecule has 0 amide bonds. The molecule has 1 aromatic carbocycles. The van der Waals surface area contributed by atoms with Crippen molar-refractivity contribution >= 4 is 33.5 Å². The number of ketones is 2. The smallest absolute Gasteiger partial charge is 0.306 e. The molecule has 1 heterocycles. The van der Waals surface area contributed by atoms with Crippen LogP contribution in [0.4, 0.5) is 0 Å². The van der Waals surface area contributed by atoms with Crippen molar-refractivity contribution in [3.8, 4) is 5.69 Å². The van der Waals surface area contributed by atoms with E-state index in [9.17, 15) is 14.4 Å². The molecule has 2 rings (SSSR count). The van der Waals surface area contributed by atoms with Gasteiger partial charge in [0.15, 0.2) is 6.61 Å². The highest BCUT2D eigenvalue weighted by Crippen LogP contribution is 2.23. The molecule has 0 spiro atoms. The lowest BCUT2D eigenvalue weighted by Crippen LogP contribution is -2.15. The van der Waals surface area contributed by atoms with Gasteiger partial charge in [-0.25, -0.2) is 0 Å². The van der Waals surface area contributed by atoms with Crippen LogP contribution in [0.5, 0.6) is 0 Å². The molecule has 0 N–H and O–H groups in total. The monoisotopic (exact) mass is 405 g/mol. The van der Waals surface area contributed by atoms with Gasteiger partial charge in [-0.15, -0.1) is 0 Å². The van der Waals surface area contributed by atoms with Crippen LogP contribution < -0.4 is 0 Å². The van der Waals surface area contributed by atoms with E-state index in [4.69, 9.17) is 4.74 Å². The predicted octanol–water partition coefficient (Wildman–Crippen LogP) is 3.95. The molecule has 6 heteroatoms. The van der Waals surface area contributed by atoms with E-state index in [1.165, 1.54) is 6.92 Å². The summed E-state index contributed by atoms with van der Waals surface area (Å²) in [5, 5.41) is 0. The standard InChI is InChI=1S/C19H20BrNO4/c1-12-9-17(18(23)11-25-19(24)8-7-13(2)22)14(3)21(12)16-6-4-5-15(20)10-16/h4-6,9-10H,7-8,11H2,1-3H3. The number of ether oxygens (including phenoxy) is 1. The number of hydrogen-bond donors (Lipinski definition) is 0. The summed E-state index contributed by atoms with van der Waals surface area (Å²) in [5.74, 6) is -0.879. The summed E-state index contributed by atoms with van der Waals surface area (Å²) >= 11 is 3.45. The summed E-state index contributed by atoms with van der Waals surface area (Å²) in [7, 11) is 0. The number of rotatable bonds is 7. The first-order chi connectivity index (χ1) is 11.8. The molecular formula is C19H20BrNO4. The van der Waals surface area contributed by atoms with Crippen LogP contribution in [-0.2, 0) is 14.3 Å². The highest BCUT2D eigenvalue weighted by molar-refractivity contribution is 9.10. The number of Topliss-reactive ketones (excluding diaryl/α,β-unsaturated/α-hetero) is 2. The number of aryl methyl sites for hydroxylation is 1. The maximum Gasteiger partial charge on any atom is 0.306 e. The minimum atomic E-state index is -0.538. The van der Waals surface area contributed by atoms with Gasteiger partial charge in [0.25, 0.3) is 0 Å². The number of esters is 1. The molecule has 5 nitrogen and oxygen atoms in total. The molecule has 0 aliphatic heterocycles. The van der Waals surface area contributed by atoms with E-state index in [1.807, 2.05) is 42.7 Å². The minimum Gasteiger partial charge on any atom is -0.457 e. The quantitative estimate of drug-likeness (QED) is 0.516. The van der Waals surface area contributed by atoms with E-state index < -0.39 is 5.97 Å². The number of benzene rings is 1. The Hall–Kier alpha value is -2.21. The SMILES string of the molecule is CC(=O)CCC(=O)OCC(=O)c1cc(C)n(-c2cccc(Br)c2)c1C. The Labute approximate surface area is 155 Å². The molecule has 1 aromatic heterocycles. The van der Waals surface area contributed by atoms with E-state index in [1.54, 1.807) is 6.07 Å². The van der Waals surface area contributed by atoms with Crippen LogP contribution in [0.25, 0.3) is 5.69 Å². The van der Waals surface area contributed by atoms with Crippen LogP contribution in [0, 0.1) is 13.8 Å². The summed E-state index contributed by atoms with van der Waals surface area (Å²) in [6.45, 7) is 4.87. The third kappa shape index (κ3) is 4.89. The second-order valence-electron chi connectivity index (χ2n) is 5.89. The van der Waals surface area contributed by atoms with Gasteiger partial charge in [-0.3, -0.25) is 9.59 Å². The van der Waals surface area contributed by atoms with E-state index in [-0.39, 0.29) is 31.0 Å². The Morgan fingerprint density at radius 3 is 2.48 bits per heavy atom. The first-order valence-corrected chi connectivity index (χ1v) is 8.72. The molecule has 25 heavy (non-hydrogen) atoms. The lowest BCUT2D eigenvalue weighted by atomic mass is 10.1. The molecule has 0 saturated heterocycles. The molecule has 0 fully saturated rings. The van der Waals surface area contributed by atoms with E-state index >= 15 is 0 Å². The normalized spacial score (nSPS) is 10.6. The predicted molar refractivity (Wildman–Crippen MR) is 98.1 cm³/mol. The highest BCUT2D eigenvalue weighted by Gasteiger charge is 2.18. The van der Waals surface area contributed by atoms with Gasteiger partial charge in [0, 0.05) is 33.5 Å². The van der Waals surface area contributed by atoms with Crippen molar-refractivity contribution in [3.63, 3.8) is 0 Å². The van der Waals surface area contributed by atoms with Gasteiger partial charge in [-0.1, -0.05) is 22.0 Å². The van der Waals surface area contributed by atoms with Crippen LogP contribution in [0.1, 0.15) is 41.5 Å². The van der Waals surface area contributed by atoms with Crippen LogP contribution in [0.15, 0.2) is 34.8 Å². The minimum absolute atomic E-state index is 0.000320. The molecule has 0 saturated carbocycles.